The van der Waals surface area contributed by atoms with Gasteiger partial charge in [0, 0.05) is 36.2 Å². The minimum atomic E-state index is -4.67. The van der Waals surface area contributed by atoms with Crippen molar-refractivity contribution in [2.24, 2.45) is 5.92 Å². The van der Waals surface area contributed by atoms with E-state index in [1.807, 2.05) is 23.1 Å². The van der Waals surface area contributed by atoms with Gasteiger partial charge in [0.05, 0.1) is 17.6 Å². The third-order valence-electron chi connectivity index (χ3n) is 8.52. The van der Waals surface area contributed by atoms with Gasteiger partial charge in [0.2, 0.25) is 11.8 Å². The van der Waals surface area contributed by atoms with E-state index in [2.05, 4.69) is 16.4 Å². The molecule has 2 saturated carbocycles. The molecule has 6 rings (SSSR count). The highest BCUT2D eigenvalue weighted by molar-refractivity contribution is 7.91. The minimum absolute atomic E-state index is 0.00206. The zero-order chi connectivity index (χ0) is 30.4. The molecule has 0 unspecified atom stereocenters. The van der Waals surface area contributed by atoms with Gasteiger partial charge < -0.3 is 14.6 Å². The molecule has 13 heteroatoms. The van der Waals surface area contributed by atoms with E-state index >= 15 is 0 Å². The van der Waals surface area contributed by atoms with Crippen LogP contribution in [-0.4, -0.2) is 54.4 Å². The molecule has 3 aliphatic rings. The monoisotopic (exact) mass is 613 g/mol. The molecular formula is C30H30F3N5O4S. The van der Waals surface area contributed by atoms with E-state index in [4.69, 9.17) is 9.40 Å². The number of amides is 1. The standard InChI is InChI=1S/C30H30F3N5O4S/c31-30(32,33)24-11-5-9-22(35-24)28-36-25(21-8-3-4-10-23(21)38-14-16-43(40,41)17-15-38)26(42-28)19-6-1-2-7-20(19)27(39)37-29(18-34)12-13-29/h3-5,8-11,19-20H,1-2,6-7,12-17H2,(H,37,39)/t19-,20-/m1/s1. The molecule has 3 aromatic rings. The summed E-state index contributed by atoms with van der Waals surface area (Å²) in [5.74, 6) is -0.962. The molecule has 1 aliphatic heterocycles. The van der Waals surface area contributed by atoms with Crippen LogP contribution in [0.15, 0.2) is 46.9 Å². The second kappa shape index (κ2) is 11.0. The number of pyridine rings is 1. The van der Waals surface area contributed by atoms with Crippen molar-refractivity contribution < 1.29 is 30.8 Å². The molecule has 0 radical (unpaired) electrons. The molecule has 1 saturated heterocycles. The molecule has 3 fully saturated rings. The van der Waals surface area contributed by atoms with E-state index < -0.39 is 39.1 Å². The third-order valence-corrected chi connectivity index (χ3v) is 10.1. The SMILES string of the molecule is N#CC1(NC(=O)[C@@H]2CCCC[C@H]2c2oc(-c3cccc(C(F)(F)F)n3)nc2-c2ccccc2N2CCS(=O)(=O)CC2)CC1. The zero-order valence-corrected chi connectivity index (χ0v) is 24.0. The molecule has 1 aromatic carbocycles. The largest absolute Gasteiger partial charge is 0.439 e. The fourth-order valence-electron chi connectivity index (χ4n) is 5.98. The maximum atomic E-state index is 13.5. The number of anilines is 1. The second-order valence-electron chi connectivity index (χ2n) is 11.5. The van der Waals surface area contributed by atoms with Gasteiger partial charge in [-0.1, -0.05) is 37.1 Å². The highest BCUT2D eigenvalue weighted by Crippen LogP contribution is 2.46. The van der Waals surface area contributed by atoms with Gasteiger partial charge in [-0.05, 0) is 43.9 Å². The number of oxazole rings is 1. The van der Waals surface area contributed by atoms with Crippen molar-refractivity contribution in [1.82, 2.24) is 15.3 Å². The lowest BCUT2D eigenvalue weighted by molar-refractivity contribution is -0.141. The normalized spacial score (nSPS) is 22.9. The number of alkyl halides is 3. The smallest absolute Gasteiger partial charge is 0.433 e. The van der Waals surface area contributed by atoms with Crippen molar-refractivity contribution in [2.45, 2.75) is 56.2 Å². The molecule has 3 heterocycles. The van der Waals surface area contributed by atoms with Crippen LogP contribution < -0.4 is 10.2 Å². The molecule has 2 aliphatic carbocycles. The second-order valence-corrected chi connectivity index (χ2v) is 13.8. The molecule has 1 amide bonds. The first-order chi connectivity index (χ1) is 20.5. The number of benzene rings is 1. The summed E-state index contributed by atoms with van der Waals surface area (Å²) in [5, 5.41) is 12.5. The summed E-state index contributed by atoms with van der Waals surface area (Å²) < 4.78 is 71.1. The minimum Gasteiger partial charge on any atom is -0.439 e. The predicted molar refractivity (Wildman–Crippen MR) is 151 cm³/mol. The molecule has 2 aromatic heterocycles. The summed E-state index contributed by atoms with van der Waals surface area (Å²) in [5.41, 5.74) is -0.306. The predicted octanol–water partition coefficient (Wildman–Crippen LogP) is 5.10. The summed E-state index contributed by atoms with van der Waals surface area (Å²) >= 11 is 0. The van der Waals surface area contributed by atoms with Crippen LogP contribution in [-0.2, 0) is 20.8 Å². The van der Waals surface area contributed by atoms with E-state index in [0.717, 1.165) is 18.9 Å². The number of para-hydroxylation sites is 1. The van der Waals surface area contributed by atoms with Crippen molar-refractivity contribution in [3.63, 3.8) is 0 Å². The quantitative estimate of drug-likeness (QED) is 0.407. The van der Waals surface area contributed by atoms with E-state index in [0.29, 0.717) is 48.4 Å². The lowest BCUT2D eigenvalue weighted by Crippen LogP contribution is -2.42. The van der Waals surface area contributed by atoms with E-state index in [9.17, 15) is 31.6 Å². The Kier molecular flexibility index (Phi) is 7.44. The molecule has 2 atom stereocenters. The van der Waals surface area contributed by atoms with E-state index in [-0.39, 0.29) is 42.1 Å². The van der Waals surface area contributed by atoms with E-state index in [1.165, 1.54) is 12.1 Å². The maximum Gasteiger partial charge on any atom is 0.433 e. The number of halogens is 3. The fraction of sp³-hybridized carbons (Fsp3) is 0.467. The van der Waals surface area contributed by atoms with Gasteiger partial charge in [-0.15, -0.1) is 0 Å². The van der Waals surface area contributed by atoms with Crippen molar-refractivity contribution in [1.29, 1.82) is 5.26 Å². The van der Waals surface area contributed by atoms with Crippen molar-refractivity contribution >= 4 is 21.4 Å². The third kappa shape index (κ3) is 5.98. The molecule has 9 nitrogen and oxygen atoms in total. The van der Waals surface area contributed by atoms with Crippen LogP contribution in [0.2, 0.25) is 0 Å². The lowest BCUT2D eigenvalue weighted by atomic mass is 9.76. The molecule has 43 heavy (non-hydrogen) atoms. The number of carbonyl (C=O) groups is 1. The number of hydrogen-bond donors (Lipinski definition) is 1. The lowest BCUT2D eigenvalue weighted by Gasteiger charge is -2.32. The van der Waals surface area contributed by atoms with Gasteiger partial charge >= 0.3 is 6.18 Å². The van der Waals surface area contributed by atoms with Crippen LogP contribution in [0.3, 0.4) is 0 Å². The molecule has 226 valence electrons. The average Bonchev–Trinajstić information content (AvgIpc) is 3.63. The number of nitriles is 1. The van der Waals surface area contributed by atoms with Crippen LogP contribution in [0.25, 0.3) is 22.8 Å². The van der Waals surface area contributed by atoms with Gasteiger partial charge in [0.15, 0.2) is 9.84 Å². The Balaban J connectivity index is 1.45. The van der Waals surface area contributed by atoms with Crippen LogP contribution in [0.4, 0.5) is 18.9 Å². The number of nitrogens with zero attached hydrogens (tertiary/aromatic N) is 4. The summed E-state index contributed by atoms with van der Waals surface area (Å²) in [7, 11) is -3.15. The van der Waals surface area contributed by atoms with E-state index in [1.54, 1.807) is 6.07 Å². The number of aromatic nitrogens is 2. The van der Waals surface area contributed by atoms with Crippen LogP contribution in [0.5, 0.6) is 0 Å². The zero-order valence-electron chi connectivity index (χ0n) is 23.2. The highest BCUT2D eigenvalue weighted by Gasteiger charge is 2.47. The molecular weight excluding hydrogens is 583 g/mol. The number of nitrogens with one attached hydrogen (secondary N) is 1. The van der Waals surface area contributed by atoms with Crippen molar-refractivity contribution in [3.05, 3.63) is 53.9 Å². The first-order valence-corrected chi connectivity index (χ1v) is 16.1. The van der Waals surface area contributed by atoms with Crippen LogP contribution in [0.1, 0.15) is 55.9 Å². The Morgan fingerprint density at radius 3 is 2.47 bits per heavy atom. The average molecular weight is 614 g/mol. The van der Waals surface area contributed by atoms with Crippen molar-refractivity contribution in [3.8, 4) is 28.9 Å². The Hall–Kier alpha value is -3.92. The summed E-state index contributed by atoms with van der Waals surface area (Å²) in [4.78, 5) is 24.0. The van der Waals surface area contributed by atoms with Gasteiger partial charge in [-0.2, -0.15) is 18.4 Å². The Labute approximate surface area is 247 Å². The first-order valence-electron chi connectivity index (χ1n) is 14.3. The van der Waals surface area contributed by atoms with Gasteiger partial charge in [-0.3, -0.25) is 4.79 Å². The first kappa shape index (κ1) is 29.2. The summed E-state index contributed by atoms with van der Waals surface area (Å²) in [6.45, 7) is 0.554. The molecule has 1 N–H and O–H groups in total. The number of rotatable bonds is 6. The number of hydrogen-bond acceptors (Lipinski definition) is 8. The Morgan fingerprint density at radius 2 is 1.77 bits per heavy atom. The Bertz CT molecular complexity index is 1680. The molecule has 0 bridgehead atoms. The summed E-state index contributed by atoms with van der Waals surface area (Å²) in [6, 6.07) is 13.0. The van der Waals surface area contributed by atoms with Gasteiger partial charge in [-0.25, -0.2) is 18.4 Å². The number of carbonyl (C=O) groups excluding carboxylic acids is 1. The topological polar surface area (TPSA) is 129 Å². The van der Waals surface area contributed by atoms with Crippen LogP contribution in [0, 0.1) is 17.2 Å². The van der Waals surface area contributed by atoms with Gasteiger partial charge in [0.25, 0.3) is 0 Å². The highest BCUT2D eigenvalue weighted by atomic mass is 32.2. The summed E-state index contributed by atoms with van der Waals surface area (Å²) in [6.07, 6.45) is -0.740. The molecule has 0 spiro atoms. The van der Waals surface area contributed by atoms with Gasteiger partial charge in [0.1, 0.15) is 28.4 Å². The Morgan fingerprint density at radius 1 is 1.05 bits per heavy atom. The maximum absolute atomic E-state index is 13.5. The fourth-order valence-corrected chi connectivity index (χ4v) is 7.18. The van der Waals surface area contributed by atoms with Crippen molar-refractivity contribution in [2.75, 3.05) is 29.5 Å². The number of sulfone groups is 1. The van der Waals surface area contributed by atoms with Crippen LogP contribution >= 0.6 is 0 Å².